The Bertz CT molecular complexity index is 1010. The van der Waals surface area contributed by atoms with Crippen LogP contribution in [0, 0.1) is 18.6 Å². The zero-order valence-electron chi connectivity index (χ0n) is 15.2. The lowest BCUT2D eigenvalue weighted by atomic mass is 10.1. The number of rotatable bonds is 3. The normalized spacial score (nSPS) is 14.4. The third-order valence-electron chi connectivity index (χ3n) is 4.77. The molecular weight excluding hydrogens is 366 g/mol. The summed E-state index contributed by atoms with van der Waals surface area (Å²) in [6.07, 6.45) is 5.04. The van der Waals surface area contributed by atoms with Crippen molar-refractivity contribution in [2.24, 2.45) is 0 Å². The van der Waals surface area contributed by atoms with Crippen LogP contribution in [-0.4, -0.2) is 56.5 Å². The molecule has 1 aromatic carbocycles. The van der Waals surface area contributed by atoms with Gasteiger partial charge in [-0.25, -0.2) is 23.7 Å². The molecule has 3 heterocycles. The van der Waals surface area contributed by atoms with Gasteiger partial charge in [0.05, 0.1) is 0 Å². The lowest BCUT2D eigenvalue weighted by molar-refractivity contribution is 0.0746. The van der Waals surface area contributed by atoms with E-state index in [1.54, 1.807) is 11.1 Å². The Labute approximate surface area is 160 Å². The van der Waals surface area contributed by atoms with E-state index in [-0.39, 0.29) is 11.5 Å². The predicted molar refractivity (Wildman–Crippen MR) is 98.4 cm³/mol. The van der Waals surface area contributed by atoms with Crippen molar-refractivity contribution in [3.8, 4) is 5.82 Å². The SMILES string of the molecule is Cc1nccn1-c1cc(N2CCN(C(=O)c3ccc(F)c(F)c3)CC2)ncn1. The maximum atomic E-state index is 13.4. The van der Waals surface area contributed by atoms with Crippen molar-refractivity contribution in [2.75, 3.05) is 31.1 Å². The van der Waals surface area contributed by atoms with Crippen molar-refractivity contribution < 1.29 is 13.6 Å². The Balaban J connectivity index is 1.45. The van der Waals surface area contributed by atoms with E-state index >= 15 is 0 Å². The molecular formula is C19H18F2N6O. The number of amides is 1. The van der Waals surface area contributed by atoms with Gasteiger partial charge in [-0.05, 0) is 25.1 Å². The predicted octanol–water partition coefficient (Wildman–Crippen LogP) is 2.21. The van der Waals surface area contributed by atoms with Gasteiger partial charge in [0, 0.05) is 50.2 Å². The highest BCUT2D eigenvalue weighted by atomic mass is 19.2. The minimum absolute atomic E-state index is 0.146. The summed E-state index contributed by atoms with van der Waals surface area (Å²) in [5, 5.41) is 0. The fraction of sp³-hybridized carbons (Fsp3) is 0.263. The molecule has 0 spiro atoms. The van der Waals surface area contributed by atoms with Gasteiger partial charge in [0.15, 0.2) is 11.6 Å². The molecule has 28 heavy (non-hydrogen) atoms. The smallest absolute Gasteiger partial charge is 0.254 e. The first-order valence-electron chi connectivity index (χ1n) is 8.84. The number of anilines is 1. The van der Waals surface area contributed by atoms with Crippen LogP contribution in [0.2, 0.25) is 0 Å². The highest BCUT2D eigenvalue weighted by Gasteiger charge is 2.24. The van der Waals surface area contributed by atoms with E-state index in [1.807, 2.05) is 23.8 Å². The second-order valence-electron chi connectivity index (χ2n) is 6.49. The summed E-state index contributed by atoms with van der Waals surface area (Å²) in [5.41, 5.74) is 0.146. The minimum atomic E-state index is -1.02. The Morgan fingerprint density at radius 2 is 1.71 bits per heavy atom. The Kier molecular flexibility index (Phi) is 4.72. The average molecular weight is 384 g/mol. The molecule has 0 radical (unpaired) electrons. The van der Waals surface area contributed by atoms with E-state index in [4.69, 9.17) is 0 Å². The first kappa shape index (κ1) is 18.0. The molecule has 9 heteroatoms. The molecule has 7 nitrogen and oxygen atoms in total. The van der Waals surface area contributed by atoms with E-state index in [1.165, 1.54) is 12.4 Å². The first-order chi connectivity index (χ1) is 13.5. The van der Waals surface area contributed by atoms with Crippen LogP contribution in [0.15, 0.2) is 43.0 Å². The summed E-state index contributed by atoms with van der Waals surface area (Å²) < 4.78 is 28.3. The number of nitrogens with zero attached hydrogens (tertiary/aromatic N) is 6. The zero-order chi connectivity index (χ0) is 19.7. The molecule has 1 aliphatic rings. The van der Waals surface area contributed by atoms with E-state index in [0.29, 0.717) is 26.2 Å². The molecule has 1 saturated heterocycles. The van der Waals surface area contributed by atoms with Crippen molar-refractivity contribution in [1.29, 1.82) is 0 Å². The van der Waals surface area contributed by atoms with Crippen LogP contribution < -0.4 is 4.90 Å². The number of hydrogen-bond acceptors (Lipinski definition) is 5. The highest BCUT2D eigenvalue weighted by Crippen LogP contribution is 2.18. The second-order valence-corrected chi connectivity index (χ2v) is 6.49. The third-order valence-corrected chi connectivity index (χ3v) is 4.77. The average Bonchev–Trinajstić information content (AvgIpc) is 3.16. The van der Waals surface area contributed by atoms with Gasteiger partial charge in [0.1, 0.15) is 23.8 Å². The third kappa shape index (κ3) is 3.42. The number of piperazine rings is 1. The summed E-state index contributed by atoms with van der Waals surface area (Å²) in [7, 11) is 0. The zero-order valence-corrected chi connectivity index (χ0v) is 15.2. The number of aromatic nitrogens is 4. The number of halogens is 2. The molecule has 0 aliphatic carbocycles. The van der Waals surface area contributed by atoms with Gasteiger partial charge in [0.25, 0.3) is 5.91 Å². The fourth-order valence-corrected chi connectivity index (χ4v) is 3.21. The van der Waals surface area contributed by atoms with Crippen molar-refractivity contribution in [3.05, 3.63) is 66.0 Å². The molecule has 3 aromatic rings. The fourth-order valence-electron chi connectivity index (χ4n) is 3.21. The van der Waals surface area contributed by atoms with Gasteiger partial charge in [-0.1, -0.05) is 0 Å². The molecule has 1 fully saturated rings. The number of hydrogen-bond donors (Lipinski definition) is 0. The van der Waals surface area contributed by atoms with E-state index in [2.05, 4.69) is 19.9 Å². The van der Waals surface area contributed by atoms with Crippen molar-refractivity contribution in [3.63, 3.8) is 0 Å². The monoisotopic (exact) mass is 384 g/mol. The summed E-state index contributed by atoms with van der Waals surface area (Å²) >= 11 is 0. The van der Waals surface area contributed by atoms with E-state index in [9.17, 15) is 13.6 Å². The van der Waals surface area contributed by atoms with Crippen LogP contribution >= 0.6 is 0 Å². The maximum Gasteiger partial charge on any atom is 0.254 e. The Morgan fingerprint density at radius 1 is 0.964 bits per heavy atom. The number of imidazole rings is 1. The summed E-state index contributed by atoms with van der Waals surface area (Å²) in [6.45, 7) is 3.97. The van der Waals surface area contributed by atoms with E-state index in [0.717, 1.165) is 29.6 Å². The molecule has 1 amide bonds. The van der Waals surface area contributed by atoms with Crippen LogP contribution in [0.4, 0.5) is 14.6 Å². The molecule has 0 saturated carbocycles. The van der Waals surface area contributed by atoms with E-state index < -0.39 is 11.6 Å². The van der Waals surface area contributed by atoms with Crippen LogP contribution in [0.25, 0.3) is 5.82 Å². The molecule has 144 valence electrons. The van der Waals surface area contributed by atoms with Crippen LogP contribution in [-0.2, 0) is 0 Å². The Hall–Kier alpha value is -3.36. The van der Waals surface area contributed by atoms with Gasteiger partial charge in [-0.2, -0.15) is 0 Å². The number of carbonyl (C=O) groups is 1. The largest absolute Gasteiger partial charge is 0.353 e. The minimum Gasteiger partial charge on any atom is -0.353 e. The molecule has 1 aliphatic heterocycles. The van der Waals surface area contributed by atoms with Crippen LogP contribution in [0.1, 0.15) is 16.2 Å². The summed E-state index contributed by atoms with van der Waals surface area (Å²) in [6, 6.07) is 5.09. The lowest BCUT2D eigenvalue weighted by Gasteiger charge is -2.35. The quantitative estimate of drug-likeness (QED) is 0.693. The maximum absolute atomic E-state index is 13.4. The number of benzene rings is 1. The van der Waals surface area contributed by atoms with Gasteiger partial charge in [0.2, 0.25) is 0 Å². The molecule has 0 bridgehead atoms. The number of aryl methyl sites for hydroxylation is 1. The van der Waals surface area contributed by atoms with Gasteiger partial charge < -0.3 is 9.80 Å². The molecule has 2 aromatic heterocycles. The van der Waals surface area contributed by atoms with Gasteiger partial charge in [-0.3, -0.25) is 9.36 Å². The lowest BCUT2D eigenvalue weighted by Crippen LogP contribution is -2.49. The van der Waals surface area contributed by atoms with Crippen LogP contribution in [0.3, 0.4) is 0 Å². The second kappa shape index (κ2) is 7.34. The van der Waals surface area contributed by atoms with Gasteiger partial charge >= 0.3 is 0 Å². The molecule has 0 atom stereocenters. The van der Waals surface area contributed by atoms with Crippen molar-refractivity contribution in [1.82, 2.24) is 24.4 Å². The van der Waals surface area contributed by atoms with Crippen molar-refractivity contribution in [2.45, 2.75) is 6.92 Å². The standard InChI is InChI=1S/C19H18F2N6O/c1-13-22-4-5-27(13)18-11-17(23-12-24-18)25-6-8-26(9-7-25)19(28)14-2-3-15(20)16(21)10-14/h2-5,10-12H,6-9H2,1H3. The summed E-state index contributed by atoms with van der Waals surface area (Å²) in [4.78, 5) is 29.1. The molecule has 0 N–H and O–H groups in total. The Morgan fingerprint density at radius 3 is 2.39 bits per heavy atom. The van der Waals surface area contributed by atoms with Crippen molar-refractivity contribution >= 4 is 11.7 Å². The van der Waals surface area contributed by atoms with Gasteiger partial charge in [-0.15, -0.1) is 0 Å². The number of carbonyl (C=O) groups excluding carboxylic acids is 1. The highest BCUT2D eigenvalue weighted by molar-refractivity contribution is 5.94. The first-order valence-corrected chi connectivity index (χ1v) is 8.84. The molecule has 4 rings (SSSR count). The van der Waals surface area contributed by atoms with Crippen LogP contribution in [0.5, 0.6) is 0 Å². The summed E-state index contributed by atoms with van der Waals surface area (Å²) in [5.74, 6) is 0.0164. The molecule has 0 unspecified atom stereocenters. The topological polar surface area (TPSA) is 67.2 Å².